The van der Waals surface area contributed by atoms with Crippen molar-refractivity contribution < 1.29 is 0 Å². The van der Waals surface area contributed by atoms with Crippen molar-refractivity contribution in [3.05, 3.63) is 11.1 Å². The number of nitrogens with zero attached hydrogens (tertiary/aromatic N) is 3. The lowest BCUT2D eigenvalue weighted by Crippen LogP contribution is -2.44. The van der Waals surface area contributed by atoms with E-state index < -0.39 is 0 Å². The van der Waals surface area contributed by atoms with Crippen LogP contribution >= 0.6 is 11.3 Å². The molecule has 0 amide bonds. The van der Waals surface area contributed by atoms with Crippen LogP contribution in [0.15, 0.2) is 6.20 Å². The van der Waals surface area contributed by atoms with Crippen molar-refractivity contribution in [2.45, 2.75) is 25.4 Å². The van der Waals surface area contributed by atoms with Gasteiger partial charge >= 0.3 is 0 Å². The van der Waals surface area contributed by atoms with Gasteiger partial charge < -0.3 is 10.6 Å². The molecule has 0 saturated carbocycles. The fraction of sp³-hybridized carbons (Fsp3) is 0.727. The average molecular weight is 240 g/mol. The highest BCUT2D eigenvalue weighted by atomic mass is 32.1. The van der Waals surface area contributed by atoms with Crippen LogP contribution in [0.4, 0.5) is 5.13 Å². The van der Waals surface area contributed by atoms with Crippen LogP contribution in [0.2, 0.25) is 0 Å². The first-order valence-electron chi connectivity index (χ1n) is 5.74. The molecule has 1 aliphatic heterocycles. The predicted molar refractivity (Wildman–Crippen MR) is 68.5 cm³/mol. The highest BCUT2D eigenvalue weighted by Crippen LogP contribution is 2.20. The third-order valence-electron chi connectivity index (χ3n) is 3.16. The zero-order valence-corrected chi connectivity index (χ0v) is 10.8. The molecule has 1 aliphatic rings. The second kappa shape index (κ2) is 5.12. The summed E-state index contributed by atoms with van der Waals surface area (Å²) in [4.78, 5) is 10.2. The second-order valence-corrected chi connectivity index (χ2v) is 5.81. The Bertz CT molecular complexity index is 336. The first-order valence-corrected chi connectivity index (χ1v) is 6.56. The highest BCUT2D eigenvalue weighted by Gasteiger charge is 2.21. The number of rotatable bonds is 3. The minimum Gasteiger partial charge on any atom is -0.375 e. The van der Waals surface area contributed by atoms with Crippen LogP contribution in [0.25, 0.3) is 0 Å². The lowest BCUT2D eigenvalue weighted by atomic mass is 10.1. The van der Waals surface area contributed by atoms with Gasteiger partial charge in [0, 0.05) is 30.2 Å². The van der Waals surface area contributed by atoms with E-state index >= 15 is 0 Å². The molecular formula is C11H20N4S. The summed E-state index contributed by atoms with van der Waals surface area (Å²) in [6.45, 7) is 3.35. The van der Waals surface area contributed by atoms with Crippen molar-refractivity contribution in [3.63, 3.8) is 0 Å². The molecule has 1 fully saturated rings. The summed E-state index contributed by atoms with van der Waals surface area (Å²) in [6, 6.07) is 0.694. The largest absolute Gasteiger partial charge is 0.375 e. The Morgan fingerprint density at radius 1 is 1.62 bits per heavy atom. The highest BCUT2D eigenvalue weighted by molar-refractivity contribution is 7.15. The Balaban J connectivity index is 1.90. The number of nitrogen functional groups attached to an aromatic ring is 1. The second-order valence-electron chi connectivity index (χ2n) is 4.66. The molecule has 0 radical (unpaired) electrons. The Labute approximate surface area is 101 Å². The fourth-order valence-electron chi connectivity index (χ4n) is 2.21. The molecule has 90 valence electrons. The van der Waals surface area contributed by atoms with Crippen LogP contribution in [0.1, 0.15) is 17.7 Å². The number of piperidine rings is 1. The minimum atomic E-state index is 0.677. The van der Waals surface area contributed by atoms with E-state index in [1.807, 2.05) is 6.20 Å². The molecule has 4 nitrogen and oxygen atoms in total. The Morgan fingerprint density at radius 2 is 2.44 bits per heavy atom. The van der Waals surface area contributed by atoms with Crippen LogP contribution in [0.3, 0.4) is 0 Å². The van der Waals surface area contributed by atoms with Crippen molar-refractivity contribution >= 4 is 16.5 Å². The van der Waals surface area contributed by atoms with Crippen molar-refractivity contribution in [2.24, 2.45) is 0 Å². The zero-order valence-electron chi connectivity index (χ0n) is 10.0. The lowest BCUT2D eigenvalue weighted by molar-refractivity contribution is 0.128. The SMILES string of the molecule is CN(C)C1CCCN(Cc2cnc(N)s2)C1. The smallest absolute Gasteiger partial charge is 0.180 e. The molecular weight excluding hydrogens is 220 g/mol. The van der Waals surface area contributed by atoms with Crippen molar-refractivity contribution in [2.75, 3.05) is 32.9 Å². The van der Waals surface area contributed by atoms with Gasteiger partial charge in [0.05, 0.1) is 0 Å². The number of hydrogen-bond donors (Lipinski definition) is 1. The zero-order chi connectivity index (χ0) is 11.5. The fourth-order valence-corrected chi connectivity index (χ4v) is 2.94. The van der Waals surface area contributed by atoms with E-state index in [1.165, 1.54) is 24.3 Å². The number of nitrogens with two attached hydrogens (primary N) is 1. The summed E-state index contributed by atoms with van der Waals surface area (Å²) in [5.41, 5.74) is 5.64. The van der Waals surface area contributed by atoms with Gasteiger partial charge in [-0.1, -0.05) is 0 Å². The number of hydrogen-bond acceptors (Lipinski definition) is 5. The summed E-state index contributed by atoms with van der Waals surface area (Å²) in [5.74, 6) is 0. The van der Waals surface area contributed by atoms with E-state index in [1.54, 1.807) is 11.3 Å². The molecule has 2 rings (SSSR count). The average Bonchev–Trinajstić information content (AvgIpc) is 2.64. The van der Waals surface area contributed by atoms with Gasteiger partial charge in [-0.25, -0.2) is 4.98 Å². The first-order chi connectivity index (χ1) is 7.65. The van der Waals surface area contributed by atoms with Gasteiger partial charge in [0.15, 0.2) is 5.13 Å². The molecule has 1 aromatic heterocycles. The quantitative estimate of drug-likeness (QED) is 0.864. The van der Waals surface area contributed by atoms with Crippen molar-refractivity contribution in [1.82, 2.24) is 14.8 Å². The number of likely N-dealkylation sites (N-methyl/N-ethyl adjacent to an activating group) is 1. The number of thiazole rings is 1. The molecule has 0 aliphatic carbocycles. The van der Waals surface area contributed by atoms with Gasteiger partial charge in [0.1, 0.15) is 0 Å². The number of likely N-dealkylation sites (tertiary alicyclic amines) is 1. The van der Waals surface area contributed by atoms with Crippen LogP contribution in [0.5, 0.6) is 0 Å². The van der Waals surface area contributed by atoms with Crippen molar-refractivity contribution in [1.29, 1.82) is 0 Å². The Morgan fingerprint density at radius 3 is 3.06 bits per heavy atom. The van der Waals surface area contributed by atoms with Crippen LogP contribution in [-0.4, -0.2) is 48.0 Å². The number of anilines is 1. The normalized spacial score (nSPS) is 22.8. The summed E-state index contributed by atoms with van der Waals surface area (Å²) >= 11 is 1.60. The molecule has 16 heavy (non-hydrogen) atoms. The Kier molecular flexibility index (Phi) is 3.78. The van der Waals surface area contributed by atoms with Gasteiger partial charge in [0.25, 0.3) is 0 Å². The molecule has 1 saturated heterocycles. The van der Waals surface area contributed by atoms with E-state index in [0.717, 1.165) is 13.1 Å². The molecule has 0 spiro atoms. The van der Waals surface area contributed by atoms with E-state index in [4.69, 9.17) is 5.73 Å². The molecule has 2 N–H and O–H groups in total. The van der Waals surface area contributed by atoms with Gasteiger partial charge in [-0.05, 0) is 33.5 Å². The van der Waals surface area contributed by atoms with Crippen LogP contribution in [0, 0.1) is 0 Å². The molecule has 2 heterocycles. The first kappa shape index (κ1) is 11.8. The van der Waals surface area contributed by atoms with Gasteiger partial charge in [-0.15, -0.1) is 11.3 Å². The topological polar surface area (TPSA) is 45.4 Å². The van der Waals surface area contributed by atoms with E-state index in [2.05, 4.69) is 28.9 Å². The van der Waals surface area contributed by atoms with Gasteiger partial charge in [0.2, 0.25) is 0 Å². The van der Waals surface area contributed by atoms with Gasteiger partial charge in [-0.3, -0.25) is 4.90 Å². The predicted octanol–water partition coefficient (Wildman–Crippen LogP) is 1.25. The maximum atomic E-state index is 5.64. The Hall–Kier alpha value is -0.650. The minimum absolute atomic E-state index is 0.677. The monoisotopic (exact) mass is 240 g/mol. The molecule has 1 atom stereocenters. The molecule has 5 heteroatoms. The number of aromatic nitrogens is 1. The summed E-state index contributed by atoms with van der Waals surface area (Å²) < 4.78 is 0. The summed E-state index contributed by atoms with van der Waals surface area (Å²) in [6.07, 6.45) is 4.50. The summed E-state index contributed by atoms with van der Waals surface area (Å²) in [5, 5.41) is 0.677. The van der Waals surface area contributed by atoms with Crippen LogP contribution < -0.4 is 5.73 Å². The van der Waals surface area contributed by atoms with Crippen LogP contribution in [-0.2, 0) is 6.54 Å². The molecule has 1 unspecified atom stereocenters. The van der Waals surface area contributed by atoms with E-state index in [0.29, 0.717) is 11.2 Å². The lowest BCUT2D eigenvalue weighted by Gasteiger charge is -2.35. The van der Waals surface area contributed by atoms with E-state index in [-0.39, 0.29) is 0 Å². The molecule has 0 bridgehead atoms. The van der Waals surface area contributed by atoms with Gasteiger partial charge in [-0.2, -0.15) is 0 Å². The standard InChI is InChI=1S/C11H20N4S/c1-14(2)9-4-3-5-15(7-9)8-10-6-13-11(12)16-10/h6,9H,3-5,7-8H2,1-2H3,(H2,12,13). The maximum absolute atomic E-state index is 5.64. The molecule has 1 aromatic rings. The third kappa shape index (κ3) is 2.93. The maximum Gasteiger partial charge on any atom is 0.180 e. The molecule has 0 aromatic carbocycles. The third-order valence-corrected chi connectivity index (χ3v) is 3.97. The summed E-state index contributed by atoms with van der Waals surface area (Å²) in [7, 11) is 4.33. The van der Waals surface area contributed by atoms with E-state index in [9.17, 15) is 0 Å². The van der Waals surface area contributed by atoms with Crippen molar-refractivity contribution in [3.8, 4) is 0 Å².